The predicted octanol–water partition coefficient (Wildman–Crippen LogP) is 3.12. The van der Waals surface area contributed by atoms with Crippen LogP contribution in [0.4, 0.5) is 5.69 Å². The van der Waals surface area contributed by atoms with Crippen LogP contribution in [0.15, 0.2) is 41.6 Å². The number of halogens is 1. The number of nitro groups is 1. The number of thiophene rings is 1. The van der Waals surface area contributed by atoms with Crippen molar-refractivity contribution in [2.45, 2.75) is 19.1 Å². The molecule has 124 valence electrons. The Labute approximate surface area is 146 Å². The van der Waals surface area contributed by atoms with Crippen molar-refractivity contribution >= 4 is 40.2 Å². The number of para-hydroxylation sites is 1. The highest BCUT2D eigenvalue weighted by atomic mass is 35.5. The highest BCUT2D eigenvalue weighted by Crippen LogP contribution is 2.26. The van der Waals surface area contributed by atoms with E-state index in [4.69, 9.17) is 16.4 Å². The van der Waals surface area contributed by atoms with E-state index < -0.39 is 11.0 Å². The van der Waals surface area contributed by atoms with E-state index in [1.54, 1.807) is 24.3 Å². The maximum Gasteiger partial charge on any atom is 0.274 e. The zero-order valence-electron chi connectivity index (χ0n) is 12.3. The number of oxime groups is 1. The van der Waals surface area contributed by atoms with E-state index in [0.717, 1.165) is 4.88 Å². The first-order valence-electron chi connectivity index (χ1n) is 7.03. The fourth-order valence-corrected chi connectivity index (χ4v) is 3.30. The molecule has 1 aliphatic heterocycles. The molecule has 0 saturated carbocycles. The number of nitrogens with zero attached hydrogens (tertiary/aromatic N) is 2. The van der Waals surface area contributed by atoms with E-state index >= 15 is 0 Å². The number of carbonyl (C=O) groups excluding carboxylic acids is 1. The van der Waals surface area contributed by atoms with E-state index in [1.807, 2.05) is 6.07 Å². The predicted molar refractivity (Wildman–Crippen MR) is 90.3 cm³/mol. The van der Waals surface area contributed by atoms with Gasteiger partial charge in [0.05, 0.1) is 14.1 Å². The third-order valence-electron chi connectivity index (χ3n) is 3.46. The second-order valence-electron chi connectivity index (χ2n) is 5.04. The van der Waals surface area contributed by atoms with Crippen LogP contribution in [0.2, 0.25) is 4.34 Å². The van der Waals surface area contributed by atoms with Gasteiger partial charge in [-0.05, 0) is 12.1 Å². The van der Waals surface area contributed by atoms with Crippen molar-refractivity contribution in [3.05, 3.63) is 61.3 Å². The van der Waals surface area contributed by atoms with Crippen molar-refractivity contribution < 1.29 is 14.6 Å². The number of carbonyl (C=O) groups is 1. The van der Waals surface area contributed by atoms with E-state index in [-0.39, 0.29) is 18.1 Å². The Bertz CT molecular complexity index is 821. The summed E-state index contributed by atoms with van der Waals surface area (Å²) in [6.45, 7) is 0.0516. The summed E-state index contributed by atoms with van der Waals surface area (Å²) in [6, 6.07) is 9.84. The Morgan fingerprint density at radius 2 is 2.21 bits per heavy atom. The number of nitro benzene ring substituents is 1. The molecule has 9 heteroatoms. The molecule has 3 rings (SSSR count). The lowest BCUT2D eigenvalue weighted by atomic mass is 10.1. The zero-order chi connectivity index (χ0) is 17.1. The largest absolute Gasteiger partial charge is 0.382 e. The van der Waals surface area contributed by atoms with Crippen LogP contribution in [0.1, 0.15) is 16.9 Å². The Hall–Kier alpha value is -2.45. The van der Waals surface area contributed by atoms with Gasteiger partial charge in [-0.2, -0.15) is 0 Å². The van der Waals surface area contributed by atoms with Gasteiger partial charge < -0.3 is 10.2 Å². The van der Waals surface area contributed by atoms with Crippen molar-refractivity contribution in [1.29, 1.82) is 0 Å². The number of nitrogens with one attached hydrogen (secondary N) is 1. The van der Waals surface area contributed by atoms with Crippen LogP contribution < -0.4 is 5.32 Å². The first kappa shape index (κ1) is 16.4. The molecule has 1 aliphatic rings. The van der Waals surface area contributed by atoms with Crippen molar-refractivity contribution in [3.63, 3.8) is 0 Å². The van der Waals surface area contributed by atoms with Crippen LogP contribution in [0.25, 0.3) is 0 Å². The van der Waals surface area contributed by atoms with Crippen molar-refractivity contribution in [3.8, 4) is 0 Å². The summed E-state index contributed by atoms with van der Waals surface area (Å²) < 4.78 is 0.636. The second-order valence-corrected chi connectivity index (χ2v) is 6.76. The van der Waals surface area contributed by atoms with E-state index in [1.165, 1.54) is 17.4 Å². The first-order chi connectivity index (χ1) is 11.5. The number of hydrogen-bond donors (Lipinski definition) is 1. The molecule has 0 unspecified atom stereocenters. The quantitative estimate of drug-likeness (QED) is 0.650. The second kappa shape index (κ2) is 6.98. The van der Waals surface area contributed by atoms with Crippen molar-refractivity contribution in [1.82, 2.24) is 5.32 Å². The molecule has 1 aromatic carbocycles. The van der Waals surface area contributed by atoms with Gasteiger partial charge in [-0.1, -0.05) is 35.0 Å². The minimum absolute atomic E-state index is 0.0321. The molecule has 2 aromatic rings. The van der Waals surface area contributed by atoms with Crippen LogP contribution in [0.3, 0.4) is 0 Å². The molecule has 0 radical (unpaired) electrons. The molecule has 24 heavy (non-hydrogen) atoms. The van der Waals surface area contributed by atoms with Gasteiger partial charge in [0.1, 0.15) is 5.71 Å². The molecule has 0 fully saturated rings. The van der Waals surface area contributed by atoms with Gasteiger partial charge in [-0.15, -0.1) is 11.3 Å². The first-order valence-corrected chi connectivity index (χ1v) is 8.22. The Kier molecular flexibility index (Phi) is 4.77. The van der Waals surface area contributed by atoms with E-state index in [2.05, 4.69) is 10.5 Å². The maximum atomic E-state index is 12.2. The summed E-state index contributed by atoms with van der Waals surface area (Å²) >= 11 is 7.25. The minimum atomic E-state index is -0.747. The molecule has 0 spiro atoms. The molecule has 0 bridgehead atoms. The van der Waals surface area contributed by atoms with Crippen molar-refractivity contribution in [2.75, 3.05) is 0 Å². The Morgan fingerprint density at radius 3 is 2.92 bits per heavy atom. The van der Waals surface area contributed by atoms with E-state index in [0.29, 0.717) is 22.0 Å². The SMILES string of the molecule is O=C(NCc1ccccc1[N+](=O)[O-])[C@H]1CC(c2ccc(Cl)s2)=NO1. The Morgan fingerprint density at radius 1 is 1.42 bits per heavy atom. The molecular weight excluding hydrogens is 354 g/mol. The number of benzene rings is 1. The number of amides is 1. The summed E-state index contributed by atoms with van der Waals surface area (Å²) in [5.74, 6) is -0.366. The van der Waals surface area contributed by atoms with Crippen LogP contribution in [-0.4, -0.2) is 22.6 Å². The average Bonchev–Trinajstić information content (AvgIpc) is 3.21. The smallest absolute Gasteiger partial charge is 0.274 e. The van der Waals surface area contributed by atoms with Crippen LogP contribution in [0.5, 0.6) is 0 Å². The van der Waals surface area contributed by atoms with Gasteiger partial charge >= 0.3 is 0 Å². The average molecular weight is 366 g/mol. The molecule has 0 aliphatic carbocycles. The fraction of sp³-hybridized carbons (Fsp3) is 0.200. The Balaban J connectivity index is 1.58. The summed E-state index contributed by atoms with van der Waals surface area (Å²) in [5, 5.41) is 17.5. The topological polar surface area (TPSA) is 93.8 Å². The van der Waals surface area contributed by atoms with Crippen LogP contribution in [0, 0.1) is 10.1 Å². The molecule has 1 atom stereocenters. The zero-order valence-corrected chi connectivity index (χ0v) is 13.8. The van der Waals surface area contributed by atoms with E-state index in [9.17, 15) is 14.9 Å². The number of rotatable bonds is 5. The van der Waals surface area contributed by atoms with Gasteiger partial charge in [0.15, 0.2) is 0 Å². The van der Waals surface area contributed by atoms with Gasteiger partial charge in [-0.25, -0.2) is 0 Å². The summed E-state index contributed by atoms with van der Waals surface area (Å²) in [6.07, 6.45) is -0.414. The highest BCUT2D eigenvalue weighted by molar-refractivity contribution is 7.18. The van der Waals surface area contributed by atoms with Gasteiger partial charge in [0.25, 0.3) is 11.6 Å². The van der Waals surface area contributed by atoms with Gasteiger partial charge in [-0.3, -0.25) is 14.9 Å². The third kappa shape index (κ3) is 3.55. The number of hydrogen-bond acceptors (Lipinski definition) is 6. The summed E-state index contributed by atoms with van der Waals surface area (Å²) in [7, 11) is 0. The standard InChI is InChI=1S/C15H12ClN3O4S/c16-14-6-5-13(24-14)10-7-12(23-18-10)15(20)17-8-9-3-1-2-4-11(9)19(21)22/h1-6,12H,7-8H2,(H,17,20)/t12-/m1/s1. The molecular formula is C15H12ClN3O4S. The third-order valence-corrected chi connectivity index (χ3v) is 4.74. The molecule has 7 nitrogen and oxygen atoms in total. The summed E-state index contributed by atoms with van der Waals surface area (Å²) in [5.41, 5.74) is 1.06. The van der Waals surface area contributed by atoms with Crippen molar-refractivity contribution in [2.24, 2.45) is 5.16 Å². The molecule has 1 aromatic heterocycles. The lowest BCUT2D eigenvalue weighted by molar-refractivity contribution is -0.385. The molecule has 0 saturated heterocycles. The van der Waals surface area contributed by atoms with Gasteiger partial charge in [0.2, 0.25) is 6.10 Å². The molecule has 2 heterocycles. The molecule has 1 N–H and O–H groups in total. The van der Waals surface area contributed by atoms with Crippen LogP contribution >= 0.6 is 22.9 Å². The van der Waals surface area contributed by atoms with Crippen LogP contribution in [-0.2, 0) is 16.2 Å². The summed E-state index contributed by atoms with van der Waals surface area (Å²) in [4.78, 5) is 28.7. The highest BCUT2D eigenvalue weighted by Gasteiger charge is 2.29. The monoisotopic (exact) mass is 365 g/mol. The van der Waals surface area contributed by atoms with Gasteiger partial charge in [0, 0.05) is 24.6 Å². The fourth-order valence-electron chi connectivity index (χ4n) is 2.27. The lowest BCUT2D eigenvalue weighted by Crippen LogP contribution is -2.34. The maximum absolute atomic E-state index is 12.2. The molecule has 1 amide bonds. The minimum Gasteiger partial charge on any atom is -0.382 e. The normalized spacial score (nSPS) is 16.4. The lowest BCUT2D eigenvalue weighted by Gasteiger charge is -2.09.